The Morgan fingerprint density at radius 3 is 2.59 bits per heavy atom. The summed E-state index contributed by atoms with van der Waals surface area (Å²) in [5.74, 6) is 1.37. The highest BCUT2D eigenvalue weighted by molar-refractivity contribution is 9.10. The summed E-state index contributed by atoms with van der Waals surface area (Å²) in [4.78, 5) is 12.4. The lowest BCUT2D eigenvalue weighted by Crippen LogP contribution is -1.96. The number of carbonyl (C=O) groups is 1. The first-order valence-corrected chi connectivity index (χ1v) is 7.68. The van der Waals surface area contributed by atoms with Crippen LogP contribution in [0.4, 0.5) is 0 Å². The average molecular weight is 359 g/mol. The van der Waals surface area contributed by atoms with Crippen molar-refractivity contribution >= 4 is 27.8 Å². The molecule has 3 rings (SSSR count). The van der Waals surface area contributed by atoms with Crippen molar-refractivity contribution in [2.24, 2.45) is 0 Å². The van der Waals surface area contributed by atoms with E-state index >= 15 is 0 Å². The molecule has 0 amide bonds. The van der Waals surface area contributed by atoms with Gasteiger partial charge >= 0.3 is 0 Å². The van der Waals surface area contributed by atoms with Crippen LogP contribution in [0.5, 0.6) is 11.5 Å². The Hall–Kier alpha value is -2.07. The molecule has 0 atom stereocenters. The van der Waals surface area contributed by atoms with Crippen LogP contribution in [0.25, 0.3) is 6.08 Å². The quantitative estimate of drug-likeness (QED) is 0.767. The van der Waals surface area contributed by atoms with Crippen LogP contribution in [0, 0.1) is 0 Å². The van der Waals surface area contributed by atoms with Crippen molar-refractivity contribution in [3.8, 4) is 11.5 Å². The zero-order valence-electron chi connectivity index (χ0n) is 12.4. The molecule has 0 saturated carbocycles. The number of halogens is 1. The number of methoxy groups -OCH3 is 2. The van der Waals surface area contributed by atoms with Gasteiger partial charge in [0.15, 0.2) is 17.3 Å². The fourth-order valence-corrected chi connectivity index (χ4v) is 3.31. The Labute approximate surface area is 137 Å². The maximum atomic E-state index is 12.4. The lowest BCUT2D eigenvalue weighted by atomic mass is 10.1. The summed E-state index contributed by atoms with van der Waals surface area (Å²) in [5.41, 5.74) is 3.58. The second kappa shape index (κ2) is 5.97. The SMILES string of the molecule is COc1cc(/C=C2\Cc3ccccc3C2=O)cc(Br)c1OC. The number of allylic oxidation sites excluding steroid dienone is 1. The highest BCUT2D eigenvalue weighted by atomic mass is 79.9. The maximum absolute atomic E-state index is 12.4. The van der Waals surface area contributed by atoms with Crippen LogP contribution < -0.4 is 9.47 Å². The predicted octanol–water partition coefficient (Wildman–Crippen LogP) is 4.29. The molecule has 0 spiro atoms. The zero-order chi connectivity index (χ0) is 15.7. The van der Waals surface area contributed by atoms with Gasteiger partial charge in [-0.15, -0.1) is 0 Å². The average Bonchev–Trinajstić information content (AvgIpc) is 2.83. The summed E-state index contributed by atoms with van der Waals surface area (Å²) in [7, 11) is 3.19. The Kier molecular flexibility index (Phi) is 4.03. The Morgan fingerprint density at radius 1 is 1.14 bits per heavy atom. The van der Waals surface area contributed by atoms with E-state index in [1.54, 1.807) is 14.2 Å². The monoisotopic (exact) mass is 358 g/mol. The summed E-state index contributed by atoms with van der Waals surface area (Å²) in [5, 5.41) is 0. The molecule has 4 heteroatoms. The fraction of sp³-hybridized carbons (Fsp3) is 0.167. The molecule has 0 saturated heterocycles. The van der Waals surface area contributed by atoms with Gasteiger partial charge in [-0.2, -0.15) is 0 Å². The lowest BCUT2D eigenvalue weighted by Gasteiger charge is -2.10. The van der Waals surface area contributed by atoms with Crippen molar-refractivity contribution in [3.63, 3.8) is 0 Å². The maximum Gasteiger partial charge on any atom is 0.189 e. The molecule has 1 aliphatic rings. The molecule has 22 heavy (non-hydrogen) atoms. The Bertz CT molecular complexity index is 778. The number of ketones is 1. The first kappa shape index (κ1) is 14.9. The van der Waals surface area contributed by atoms with Crippen LogP contribution in [0.1, 0.15) is 21.5 Å². The van der Waals surface area contributed by atoms with Gasteiger partial charge in [-0.05, 0) is 45.3 Å². The van der Waals surface area contributed by atoms with Crippen molar-refractivity contribution in [1.82, 2.24) is 0 Å². The number of hydrogen-bond donors (Lipinski definition) is 0. The van der Waals surface area contributed by atoms with Crippen LogP contribution in [-0.4, -0.2) is 20.0 Å². The minimum Gasteiger partial charge on any atom is -0.493 e. The number of rotatable bonds is 3. The third-order valence-corrected chi connectivity index (χ3v) is 4.32. The van der Waals surface area contributed by atoms with Gasteiger partial charge in [0.2, 0.25) is 0 Å². The van der Waals surface area contributed by atoms with Gasteiger partial charge < -0.3 is 9.47 Å². The first-order chi connectivity index (χ1) is 10.6. The summed E-state index contributed by atoms with van der Waals surface area (Å²) in [6.07, 6.45) is 2.58. The normalized spacial score (nSPS) is 15.0. The molecule has 0 aliphatic heterocycles. The molecular formula is C18H15BrO3. The van der Waals surface area contributed by atoms with Crippen molar-refractivity contribution in [2.45, 2.75) is 6.42 Å². The number of hydrogen-bond acceptors (Lipinski definition) is 3. The van der Waals surface area contributed by atoms with Crippen LogP contribution in [0.3, 0.4) is 0 Å². The number of carbonyl (C=O) groups excluding carboxylic acids is 1. The standard InChI is InChI=1S/C18H15BrO3/c1-21-16-9-11(8-15(19)18(16)22-2)7-13-10-12-5-3-4-6-14(12)17(13)20/h3-9H,10H2,1-2H3/b13-7+. The van der Waals surface area contributed by atoms with Gasteiger partial charge in [-0.25, -0.2) is 0 Å². The van der Waals surface area contributed by atoms with E-state index in [0.29, 0.717) is 17.9 Å². The molecule has 0 N–H and O–H groups in total. The molecule has 3 nitrogen and oxygen atoms in total. The van der Waals surface area contributed by atoms with Gasteiger partial charge in [-0.1, -0.05) is 24.3 Å². The van der Waals surface area contributed by atoms with Crippen molar-refractivity contribution < 1.29 is 14.3 Å². The second-order valence-electron chi connectivity index (χ2n) is 5.07. The van der Waals surface area contributed by atoms with Crippen LogP contribution >= 0.6 is 15.9 Å². The molecule has 0 radical (unpaired) electrons. The number of Topliss-reactive ketones (excluding diaryl/α,β-unsaturated/α-hetero) is 1. The predicted molar refractivity (Wildman–Crippen MR) is 89.7 cm³/mol. The van der Waals surface area contributed by atoms with Gasteiger partial charge in [0.1, 0.15) is 0 Å². The van der Waals surface area contributed by atoms with E-state index in [-0.39, 0.29) is 5.78 Å². The van der Waals surface area contributed by atoms with E-state index in [2.05, 4.69) is 15.9 Å². The van der Waals surface area contributed by atoms with Crippen LogP contribution in [0.15, 0.2) is 46.4 Å². The largest absolute Gasteiger partial charge is 0.493 e. The Balaban J connectivity index is 2.01. The summed E-state index contributed by atoms with van der Waals surface area (Å²) >= 11 is 3.47. The number of ether oxygens (including phenoxy) is 2. The highest BCUT2D eigenvalue weighted by Crippen LogP contribution is 2.37. The zero-order valence-corrected chi connectivity index (χ0v) is 13.9. The molecular weight excluding hydrogens is 344 g/mol. The Morgan fingerprint density at radius 2 is 1.91 bits per heavy atom. The second-order valence-corrected chi connectivity index (χ2v) is 5.93. The number of benzene rings is 2. The van der Waals surface area contributed by atoms with Crippen molar-refractivity contribution in [1.29, 1.82) is 0 Å². The van der Waals surface area contributed by atoms with Gasteiger partial charge in [-0.3, -0.25) is 4.79 Å². The topological polar surface area (TPSA) is 35.5 Å². The van der Waals surface area contributed by atoms with E-state index < -0.39 is 0 Å². The van der Waals surface area contributed by atoms with E-state index in [1.807, 2.05) is 42.5 Å². The smallest absolute Gasteiger partial charge is 0.189 e. The van der Waals surface area contributed by atoms with Crippen molar-refractivity contribution in [2.75, 3.05) is 14.2 Å². The van der Waals surface area contributed by atoms with Gasteiger partial charge in [0.05, 0.1) is 18.7 Å². The molecule has 2 aromatic rings. The lowest BCUT2D eigenvalue weighted by molar-refractivity contribution is 0.104. The fourth-order valence-electron chi connectivity index (χ4n) is 2.69. The molecule has 0 aromatic heterocycles. The molecule has 0 unspecified atom stereocenters. The summed E-state index contributed by atoms with van der Waals surface area (Å²) in [6.45, 7) is 0. The van der Waals surface area contributed by atoms with Gasteiger partial charge in [0, 0.05) is 17.6 Å². The minimum absolute atomic E-state index is 0.0986. The van der Waals surface area contributed by atoms with Gasteiger partial charge in [0.25, 0.3) is 0 Å². The third kappa shape index (κ3) is 2.55. The molecule has 112 valence electrons. The molecule has 0 bridgehead atoms. The molecule has 0 fully saturated rings. The van der Waals surface area contributed by atoms with E-state index in [4.69, 9.17) is 9.47 Å². The van der Waals surface area contributed by atoms with E-state index in [9.17, 15) is 4.79 Å². The molecule has 1 aliphatic carbocycles. The van der Waals surface area contributed by atoms with Crippen LogP contribution in [-0.2, 0) is 6.42 Å². The number of fused-ring (bicyclic) bond motifs is 1. The van der Waals surface area contributed by atoms with Crippen LogP contribution in [0.2, 0.25) is 0 Å². The van der Waals surface area contributed by atoms with E-state index in [1.165, 1.54) is 0 Å². The molecule has 2 aromatic carbocycles. The van der Waals surface area contributed by atoms with Crippen molar-refractivity contribution in [3.05, 3.63) is 63.1 Å². The molecule has 0 heterocycles. The van der Waals surface area contributed by atoms with E-state index in [0.717, 1.165) is 26.7 Å². The first-order valence-electron chi connectivity index (χ1n) is 6.88. The summed E-state index contributed by atoms with van der Waals surface area (Å²) in [6, 6.07) is 11.5. The minimum atomic E-state index is 0.0986. The summed E-state index contributed by atoms with van der Waals surface area (Å²) < 4.78 is 11.4. The highest BCUT2D eigenvalue weighted by Gasteiger charge is 2.24. The third-order valence-electron chi connectivity index (χ3n) is 3.73.